The largest absolute Gasteiger partial charge is 0.497 e. The zero-order valence-corrected chi connectivity index (χ0v) is 18.7. The lowest BCUT2D eigenvalue weighted by Gasteiger charge is -2.28. The van der Waals surface area contributed by atoms with E-state index in [0.717, 1.165) is 43.5 Å². The smallest absolute Gasteiger partial charge is 0.314 e. The van der Waals surface area contributed by atoms with Gasteiger partial charge in [0.25, 0.3) is 0 Å². The Kier molecular flexibility index (Phi) is 10.0. The van der Waals surface area contributed by atoms with Crippen molar-refractivity contribution in [3.05, 3.63) is 54.1 Å². The van der Waals surface area contributed by atoms with Crippen LogP contribution in [-0.2, 0) is 9.53 Å². The summed E-state index contributed by atoms with van der Waals surface area (Å²) < 4.78 is 21.2. The SMILES string of the molecule is COc1ccc(C=O)cc1.COc1ccc(OC(=O)C2CCC(OC(C)C)CC2)cc1. The zero-order chi connectivity index (χ0) is 22.6. The molecule has 1 fully saturated rings. The molecule has 0 spiro atoms. The third kappa shape index (κ3) is 8.42. The number of benzene rings is 2. The maximum atomic E-state index is 12.2. The lowest BCUT2D eigenvalue weighted by atomic mass is 9.87. The minimum atomic E-state index is -0.136. The maximum absolute atomic E-state index is 12.2. The van der Waals surface area contributed by atoms with E-state index in [-0.39, 0.29) is 24.1 Å². The standard InChI is InChI=1S/C17H24O4.C8H8O2/c1-12(2)20-15-6-4-13(5-7-15)17(18)21-16-10-8-14(19-3)9-11-16;1-10-8-4-2-7(6-9)3-5-8/h8-13,15H,4-7H2,1-3H3;2-6H,1H3. The van der Waals surface area contributed by atoms with E-state index in [4.69, 9.17) is 18.9 Å². The van der Waals surface area contributed by atoms with Crippen LogP contribution in [0.4, 0.5) is 0 Å². The third-order valence-electron chi connectivity index (χ3n) is 5.00. The number of ether oxygens (including phenoxy) is 4. The van der Waals surface area contributed by atoms with Crippen LogP contribution in [0.1, 0.15) is 49.9 Å². The number of carbonyl (C=O) groups excluding carboxylic acids is 2. The predicted octanol–water partition coefficient (Wildman–Crippen LogP) is 5.09. The first-order valence-corrected chi connectivity index (χ1v) is 10.6. The van der Waals surface area contributed by atoms with Crippen LogP contribution in [0.2, 0.25) is 0 Å². The highest BCUT2D eigenvalue weighted by Crippen LogP contribution is 2.28. The lowest BCUT2D eigenvalue weighted by Crippen LogP contribution is -2.30. The van der Waals surface area contributed by atoms with Crippen LogP contribution >= 0.6 is 0 Å². The van der Waals surface area contributed by atoms with Gasteiger partial charge in [-0.25, -0.2) is 0 Å². The summed E-state index contributed by atoms with van der Waals surface area (Å²) in [6, 6.07) is 14.0. The van der Waals surface area contributed by atoms with Gasteiger partial charge in [-0.2, -0.15) is 0 Å². The van der Waals surface area contributed by atoms with Crippen LogP contribution < -0.4 is 14.2 Å². The molecule has 1 aliphatic rings. The average molecular weight is 429 g/mol. The van der Waals surface area contributed by atoms with Gasteiger partial charge in [-0.1, -0.05) is 0 Å². The number of hydrogen-bond acceptors (Lipinski definition) is 6. The number of hydrogen-bond donors (Lipinski definition) is 0. The molecule has 168 valence electrons. The van der Waals surface area contributed by atoms with Crippen molar-refractivity contribution in [2.75, 3.05) is 14.2 Å². The third-order valence-corrected chi connectivity index (χ3v) is 5.00. The van der Waals surface area contributed by atoms with Gasteiger partial charge in [0.2, 0.25) is 0 Å². The first-order chi connectivity index (χ1) is 14.9. The molecule has 0 aromatic heterocycles. The number of rotatable bonds is 7. The van der Waals surface area contributed by atoms with Gasteiger partial charge in [-0.3, -0.25) is 9.59 Å². The summed E-state index contributed by atoms with van der Waals surface area (Å²) in [5, 5.41) is 0. The summed E-state index contributed by atoms with van der Waals surface area (Å²) in [5.41, 5.74) is 0.667. The van der Waals surface area contributed by atoms with E-state index in [1.807, 2.05) is 13.8 Å². The molecule has 0 aliphatic heterocycles. The molecular formula is C25H32O6. The van der Waals surface area contributed by atoms with Crippen molar-refractivity contribution in [3.8, 4) is 17.2 Å². The number of carbonyl (C=O) groups is 2. The monoisotopic (exact) mass is 428 g/mol. The summed E-state index contributed by atoms with van der Waals surface area (Å²) in [6.45, 7) is 4.09. The fourth-order valence-corrected chi connectivity index (χ4v) is 3.35. The predicted molar refractivity (Wildman–Crippen MR) is 119 cm³/mol. The van der Waals surface area contributed by atoms with Gasteiger partial charge in [0.1, 0.15) is 23.5 Å². The number of methoxy groups -OCH3 is 2. The molecule has 3 rings (SSSR count). The second-order valence-electron chi connectivity index (χ2n) is 7.65. The van der Waals surface area contributed by atoms with Crippen LogP contribution in [-0.4, -0.2) is 38.7 Å². The molecule has 0 radical (unpaired) electrons. The van der Waals surface area contributed by atoms with Gasteiger partial charge < -0.3 is 18.9 Å². The highest BCUT2D eigenvalue weighted by molar-refractivity contribution is 5.75. The molecule has 6 heteroatoms. The second kappa shape index (κ2) is 12.7. The summed E-state index contributed by atoms with van der Waals surface area (Å²) in [7, 11) is 3.20. The molecule has 2 aromatic carbocycles. The molecule has 0 amide bonds. The van der Waals surface area contributed by atoms with Gasteiger partial charge >= 0.3 is 5.97 Å². The van der Waals surface area contributed by atoms with E-state index in [2.05, 4.69) is 0 Å². The van der Waals surface area contributed by atoms with E-state index >= 15 is 0 Å². The molecule has 1 saturated carbocycles. The Labute approximate surface area is 184 Å². The van der Waals surface area contributed by atoms with Crippen molar-refractivity contribution in [2.24, 2.45) is 5.92 Å². The van der Waals surface area contributed by atoms with Crippen molar-refractivity contribution < 1.29 is 28.5 Å². The topological polar surface area (TPSA) is 71.1 Å². The lowest BCUT2D eigenvalue weighted by molar-refractivity contribution is -0.141. The van der Waals surface area contributed by atoms with Crippen molar-refractivity contribution in [1.82, 2.24) is 0 Å². The van der Waals surface area contributed by atoms with Crippen molar-refractivity contribution >= 4 is 12.3 Å². The highest BCUT2D eigenvalue weighted by Gasteiger charge is 2.28. The fraction of sp³-hybridized carbons (Fsp3) is 0.440. The van der Waals surface area contributed by atoms with Crippen LogP contribution in [0.3, 0.4) is 0 Å². The molecule has 0 atom stereocenters. The minimum absolute atomic E-state index is 0.0147. The number of aldehydes is 1. The van der Waals surface area contributed by atoms with Crippen LogP contribution in [0.5, 0.6) is 17.2 Å². The summed E-state index contributed by atoms with van der Waals surface area (Å²) in [4.78, 5) is 22.3. The Morgan fingerprint density at radius 2 is 1.32 bits per heavy atom. The van der Waals surface area contributed by atoms with E-state index in [1.54, 1.807) is 62.8 Å². The molecule has 0 saturated heterocycles. The van der Waals surface area contributed by atoms with Gasteiger partial charge in [-0.05, 0) is 88.1 Å². The Morgan fingerprint density at radius 1 is 0.839 bits per heavy atom. The minimum Gasteiger partial charge on any atom is -0.497 e. The Bertz CT molecular complexity index is 790. The van der Waals surface area contributed by atoms with Crippen molar-refractivity contribution in [1.29, 1.82) is 0 Å². The van der Waals surface area contributed by atoms with E-state index in [9.17, 15) is 9.59 Å². The van der Waals surface area contributed by atoms with Gasteiger partial charge in [0.05, 0.1) is 32.3 Å². The second-order valence-corrected chi connectivity index (χ2v) is 7.65. The molecule has 0 N–H and O–H groups in total. The van der Waals surface area contributed by atoms with Crippen LogP contribution in [0.25, 0.3) is 0 Å². The Hall–Kier alpha value is -2.86. The first-order valence-electron chi connectivity index (χ1n) is 10.6. The highest BCUT2D eigenvalue weighted by atomic mass is 16.5. The molecule has 2 aromatic rings. The van der Waals surface area contributed by atoms with Gasteiger partial charge in [0, 0.05) is 5.56 Å². The Morgan fingerprint density at radius 3 is 1.77 bits per heavy atom. The van der Waals surface area contributed by atoms with Crippen molar-refractivity contribution in [3.63, 3.8) is 0 Å². The maximum Gasteiger partial charge on any atom is 0.314 e. The van der Waals surface area contributed by atoms with Crippen molar-refractivity contribution in [2.45, 2.75) is 51.7 Å². The molecule has 0 heterocycles. The molecular weight excluding hydrogens is 396 g/mol. The fourth-order valence-electron chi connectivity index (χ4n) is 3.35. The molecule has 31 heavy (non-hydrogen) atoms. The molecule has 6 nitrogen and oxygen atoms in total. The molecule has 1 aliphatic carbocycles. The number of esters is 1. The van der Waals surface area contributed by atoms with E-state index < -0.39 is 0 Å². The summed E-state index contributed by atoms with van der Waals surface area (Å²) in [5.74, 6) is 1.94. The normalized spacial score (nSPS) is 17.8. The van der Waals surface area contributed by atoms with E-state index in [1.165, 1.54) is 0 Å². The van der Waals surface area contributed by atoms with Gasteiger partial charge in [0.15, 0.2) is 0 Å². The van der Waals surface area contributed by atoms with Gasteiger partial charge in [-0.15, -0.1) is 0 Å². The first kappa shape index (κ1) is 24.4. The van der Waals surface area contributed by atoms with Crippen LogP contribution in [0, 0.1) is 5.92 Å². The average Bonchev–Trinajstić information content (AvgIpc) is 2.80. The summed E-state index contributed by atoms with van der Waals surface area (Å²) in [6.07, 6.45) is 4.88. The van der Waals surface area contributed by atoms with Crippen LogP contribution in [0.15, 0.2) is 48.5 Å². The molecule has 0 bridgehead atoms. The quantitative estimate of drug-likeness (QED) is 0.347. The Balaban J connectivity index is 0.000000285. The van der Waals surface area contributed by atoms with E-state index in [0.29, 0.717) is 11.3 Å². The zero-order valence-electron chi connectivity index (χ0n) is 18.7. The molecule has 0 unspecified atom stereocenters. The summed E-state index contributed by atoms with van der Waals surface area (Å²) >= 11 is 0.